The van der Waals surface area contributed by atoms with Crippen LogP contribution in [0.15, 0.2) is 71.9 Å². The summed E-state index contributed by atoms with van der Waals surface area (Å²) in [5, 5.41) is 6.97. The molecule has 3 rings (SSSR count). The second kappa shape index (κ2) is 8.15. The molecule has 140 valence electrons. The Labute approximate surface area is 158 Å². The Balaban J connectivity index is 1.76. The molecular weight excluding hydrogens is 364 g/mol. The van der Waals surface area contributed by atoms with Crippen LogP contribution in [0, 0.1) is 0 Å². The van der Waals surface area contributed by atoms with Gasteiger partial charge in [0.15, 0.2) is 0 Å². The van der Waals surface area contributed by atoms with E-state index in [1.807, 2.05) is 30.5 Å². The number of hydrogen-bond acceptors (Lipinski definition) is 4. The molecular formula is C19H20N4O3S. The zero-order valence-electron chi connectivity index (χ0n) is 14.8. The highest BCUT2D eigenvalue weighted by Gasteiger charge is 2.15. The lowest BCUT2D eigenvalue weighted by atomic mass is 10.1. The van der Waals surface area contributed by atoms with Crippen molar-refractivity contribution < 1.29 is 13.2 Å². The molecule has 27 heavy (non-hydrogen) atoms. The highest BCUT2D eigenvalue weighted by Crippen LogP contribution is 2.16. The predicted octanol–water partition coefficient (Wildman–Crippen LogP) is 2.48. The molecule has 0 aliphatic carbocycles. The van der Waals surface area contributed by atoms with Crippen LogP contribution in [0.2, 0.25) is 0 Å². The summed E-state index contributed by atoms with van der Waals surface area (Å²) in [6, 6.07) is 15.2. The van der Waals surface area contributed by atoms with E-state index in [4.69, 9.17) is 0 Å². The fraction of sp³-hybridized carbons (Fsp3) is 0.158. The monoisotopic (exact) mass is 384 g/mol. The molecule has 1 amide bonds. The Kier molecular flexibility index (Phi) is 5.68. The lowest BCUT2D eigenvalue weighted by Gasteiger charge is -2.09. The van der Waals surface area contributed by atoms with Gasteiger partial charge in [-0.05, 0) is 42.0 Å². The van der Waals surface area contributed by atoms with Gasteiger partial charge >= 0.3 is 0 Å². The minimum absolute atomic E-state index is 0.0597. The van der Waals surface area contributed by atoms with Gasteiger partial charge in [0.2, 0.25) is 10.0 Å². The summed E-state index contributed by atoms with van der Waals surface area (Å²) in [6.45, 7) is 2.57. The van der Waals surface area contributed by atoms with Crippen molar-refractivity contribution in [2.24, 2.45) is 0 Å². The number of carbonyl (C=O) groups is 1. The number of benzene rings is 2. The van der Waals surface area contributed by atoms with E-state index < -0.39 is 10.0 Å². The third kappa shape index (κ3) is 4.81. The summed E-state index contributed by atoms with van der Waals surface area (Å²) in [5.41, 5.74) is 1.89. The molecule has 0 bridgehead atoms. The Morgan fingerprint density at radius 2 is 1.93 bits per heavy atom. The average molecular weight is 384 g/mol. The molecule has 0 saturated heterocycles. The highest BCUT2D eigenvalue weighted by atomic mass is 32.2. The van der Waals surface area contributed by atoms with E-state index in [1.165, 1.54) is 12.1 Å². The average Bonchev–Trinajstić information content (AvgIpc) is 3.15. The van der Waals surface area contributed by atoms with Gasteiger partial charge < -0.3 is 5.32 Å². The van der Waals surface area contributed by atoms with E-state index in [-0.39, 0.29) is 22.9 Å². The Morgan fingerprint density at radius 3 is 2.67 bits per heavy atom. The third-order valence-electron chi connectivity index (χ3n) is 3.83. The second-order valence-corrected chi connectivity index (χ2v) is 7.65. The maximum atomic E-state index is 12.5. The quantitative estimate of drug-likeness (QED) is 0.654. The van der Waals surface area contributed by atoms with Crippen LogP contribution in [0.25, 0.3) is 0 Å². The van der Waals surface area contributed by atoms with Crippen molar-refractivity contribution in [3.63, 3.8) is 0 Å². The van der Waals surface area contributed by atoms with Gasteiger partial charge in [0.1, 0.15) is 0 Å². The standard InChI is InChI=1S/C19H20N4O3S/c1-2-21-27(25,26)18-9-4-7-16(13-18)19(24)22-17-8-3-6-15(12-17)14-23-11-5-10-20-23/h3-13,21H,2,14H2,1H3,(H,22,24). The fourth-order valence-electron chi connectivity index (χ4n) is 2.61. The fourth-order valence-corrected chi connectivity index (χ4v) is 3.70. The first kappa shape index (κ1) is 18.8. The molecule has 2 N–H and O–H groups in total. The highest BCUT2D eigenvalue weighted by molar-refractivity contribution is 7.89. The zero-order valence-corrected chi connectivity index (χ0v) is 15.6. The van der Waals surface area contributed by atoms with Gasteiger partial charge in [-0.1, -0.05) is 25.1 Å². The van der Waals surface area contributed by atoms with Crippen LogP contribution in [-0.2, 0) is 16.6 Å². The molecule has 0 aliphatic heterocycles. The Hall–Kier alpha value is -2.97. The van der Waals surface area contributed by atoms with Crippen LogP contribution < -0.4 is 10.0 Å². The molecule has 1 aromatic heterocycles. The Morgan fingerprint density at radius 1 is 1.11 bits per heavy atom. The van der Waals surface area contributed by atoms with Crippen molar-refractivity contribution in [2.45, 2.75) is 18.4 Å². The van der Waals surface area contributed by atoms with Gasteiger partial charge in [0, 0.05) is 30.2 Å². The third-order valence-corrected chi connectivity index (χ3v) is 5.37. The zero-order chi connectivity index (χ0) is 19.3. The molecule has 3 aromatic rings. The van der Waals surface area contributed by atoms with E-state index >= 15 is 0 Å². The second-order valence-electron chi connectivity index (χ2n) is 5.89. The van der Waals surface area contributed by atoms with Gasteiger partial charge in [-0.3, -0.25) is 9.48 Å². The molecule has 8 heteroatoms. The molecule has 0 atom stereocenters. The maximum Gasteiger partial charge on any atom is 0.255 e. The molecule has 0 radical (unpaired) electrons. The smallest absolute Gasteiger partial charge is 0.255 e. The first-order valence-corrected chi connectivity index (χ1v) is 9.94. The number of carbonyl (C=O) groups excluding carboxylic acids is 1. The molecule has 0 spiro atoms. The van der Waals surface area contributed by atoms with Gasteiger partial charge in [-0.15, -0.1) is 0 Å². The van der Waals surface area contributed by atoms with Crippen molar-refractivity contribution >= 4 is 21.6 Å². The van der Waals surface area contributed by atoms with E-state index in [9.17, 15) is 13.2 Å². The van der Waals surface area contributed by atoms with E-state index in [0.717, 1.165) is 5.56 Å². The van der Waals surface area contributed by atoms with Gasteiger partial charge in [0.25, 0.3) is 5.91 Å². The molecule has 0 fully saturated rings. The number of hydrogen-bond donors (Lipinski definition) is 2. The van der Waals surface area contributed by atoms with Crippen molar-refractivity contribution in [3.8, 4) is 0 Å². The van der Waals surface area contributed by atoms with Crippen LogP contribution in [-0.4, -0.2) is 30.7 Å². The maximum absolute atomic E-state index is 12.5. The van der Waals surface area contributed by atoms with Crippen LogP contribution in [0.3, 0.4) is 0 Å². The number of sulfonamides is 1. The minimum atomic E-state index is -3.61. The molecule has 0 unspecified atom stereocenters. The SMILES string of the molecule is CCNS(=O)(=O)c1cccc(C(=O)Nc2cccc(Cn3cccn3)c2)c1. The molecule has 0 aliphatic rings. The minimum Gasteiger partial charge on any atom is -0.322 e. The summed E-state index contributed by atoms with van der Waals surface area (Å²) >= 11 is 0. The summed E-state index contributed by atoms with van der Waals surface area (Å²) in [5.74, 6) is -0.375. The topological polar surface area (TPSA) is 93.1 Å². The summed E-state index contributed by atoms with van der Waals surface area (Å²) in [6.07, 6.45) is 3.57. The predicted molar refractivity (Wildman–Crippen MR) is 103 cm³/mol. The number of anilines is 1. The van der Waals surface area contributed by atoms with E-state index in [1.54, 1.807) is 36.0 Å². The van der Waals surface area contributed by atoms with Crippen molar-refractivity contribution in [1.29, 1.82) is 0 Å². The lowest BCUT2D eigenvalue weighted by Crippen LogP contribution is -2.23. The van der Waals surface area contributed by atoms with Gasteiger partial charge in [-0.25, -0.2) is 13.1 Å². The number of aromatic nitrogens is 2. The number of nitrogens with one attached hydrogen (secondary N) is 2. The summed E-state index contributed by atoms with van der Waals surface area (Å²) in [7, 11) is -3.61. The summed E-state index contributed by atoms with van der Waals surface area (Å²) in [4.78, 5) is 12.6. The van der Waals surface area contributed by atoms with E-state index in [0.29, 0.717) is 12.2 Å². The van der Waals surface area contributed by atoms with Crippen molar-refractivity contribution in [1.82, 2.24) is 14.5 Å². The summed E-state index contributed by atoms with van der Waals surface area (Å²) < 4.78 is 28.4. The lowest BCUT2D eigenvalue weighted by molar-refractivity contribution is 0.102. The number of rotatable bonds is 7. The molecule has 7 nitrogen and oxygen atoms in total. The molecule has 0 saturated carbocycles. The largest absolute Gasteiger partial charge is 0.322 e. The first-order chi connectivity index (χ1) is 13.0. The Bertz CT molecular complexity index is 1030. The van der Waals surface area contributed by atoms with Crippen LogP contribution in [0.4, 0.5) is 5.69 Å². The van der Waals surface area contributed by atoms with Crippen LogP contribution in [0.5, 0.6) is 0 Å². The van der Waals surface area contributed by atoms with Gasteiger partial charge in [-0.2, -0.15) is 5.10 Å². The molecule has 2 aromatic carbocycles. The van der Waals surface area contributed by atoms with Crippen molar-refractivity contribution in [3.05, 3.63) is 78.1 Å². The number of nitrogens with zero attached hydrogens (tertiary/aromatic N) is 2. The van der Waals surface area contributed by atoms with Crippen LogP contribution in [0.1, 0.15) is 22.8 Å². The normalized spacial score (nSPS) is 11.3. The first-order valence-electron chi connectivity index (χ1n) is 8.45. The van der Waals surface area contributed by atoms with Crippen molar-refractivity contribution in [2.75, 3.05) is 11.9 Å². The molecule has 1 heterocycles. The van der Waals surface area contributed by atoms with Crippen LogP contribution >= 0.6 is 0 Å². The van der Waals surface area contributed by atoms with Gasteiger partial charge in [0.05, 0.1) is 11.4 Å². The van der Waals surface area contributed by atoms with E-state index in [2.05, 4.69) is 15.1 Å². The number of amides is 1.